The van der Waals surface area contributed by atoms with Gasteiger partial charge in [-0.25, -0.2) is 8.42 Å². The van der Waals surface area contributed by atoms with Crippen molar-refractivity contribution in [1.82, 2.24) is 14.2 Å². The Hall–Kier alpha value is -1.19. The third-order valence-electron chi connectivity index (χ3n) is 4.86. The second-order valence-corrected chi connectivity index (χ2v) is 9.61. The molecule has 1 saturated heterocycles. The number of aromatic amines is 1. The number of amides is 1. The van der Waals surface area contributed by atoms with Crippen LogP contribution in [-0.2, 0) is 14.8 Å². The molecule has 0 radical (unpaired) electrons. The number of sulfonamides is 1. The number of piperazine rings is 1. The van der Waals surface area contributed by atoms with Crippen LogP contribution in [0.5, 0.6) is 0 Å². The van der Waals surface area contributed by atoms with E-state index in [9.17, 15) is 18.0 Å². The zero-order valence-electron chi connectivity index (χ0n) is 13.8. The summed E-state index contributed by atoms with van der Waals surface area (Å²) in [6, 6.07) is 0. The maximum Gasteiger partial charge on any atom is 0.305 e. The fourth-order valence-corrected chi connectivity index (χ4v) is 6.37. The van der Waals surface area contributed by atoms with Gasteiger partial charge in [-0.3, -0.25) is 9.59 Å². The molecule has 7 nitrogen and oxygen atoms in total. The van der Waals surface area contributed by atoms with Gasteiger partial charge in [0.25, 0.3) is 10.0 Å². The number of aryl methyl sites for hydroxylation is 1. The first-order valence-electron chi connectivity index (χ1n) is 8.38. The standard InChI is InChI=1S/C15H23N3O4S2/c1-11-14(23-15(20)16-11)24(21,22)18-9-7-17(8-10-18)13(19)12-5-3-2-4-6-12/h12H,2-10H2,1H3,(H,16,20). The molecular weight excluding hydrogens is 350 g/mol. The molecule has 2 aliphatic rings. The Balaban J connectivity index is 1.65. The number of aromatic nitrogens is 1. The molecule has 0 atom stereocenters. The van der Waals surface area contributed by atoms with E-state index in [4.69, 9.17) is 0 Å². The highest BCUT2D eigenvalue weighted by Crippen LogP contribution is 2.27. The van der Waals surface area contributed by atoms with Crippen molar-refractivity contribution in [2.75, 3.05) is 26.2 Å². The molecule has 0 spiro atoms. The quantitative estimate of drug-likeness (QED) is 0.861. The third-order valence-corrected chi connectivity index (χ3v) is 8.34. The summed E-state index contributed by atoms with van der Waals surface area (Å²) >= 11 is 0.723. The van der Waals surface area contributed by atoms with E-state index in [0.717, 1.165) is 37.0 Å². The third kappa shape index (κ3) is 3.43. The first-order valence-corrected chi connectivity index (χ1v) is 10.6. The molecule has 3 rings (SSSR count). The monoisotopic (exact) mass is 373 g/mol. The van der Waals surface area contributed by atoms with Gasteiger partial charge in [0, 0.05) is 37.8 Å². The highest BCUT2D eigenvalue weighted by Gasteiger charge is 2.34. The molecule has 0 unspecified atom stereocenters. The van der Waals surface area contributed by atoms with Crippen LogP contribution in [0.2, 0.25) is 0 Å². The van der Waals surface area contributed by atoms with Gasteiger partial charge in [-0.1, -0.05) is 30.6 Å². The van der Waals surface area contributed by atoms with Gasteiger partial charge in [0.15, 0.2) is 4.21 Å². The summed E-state index contributed by atoms with van der Waals surface area (Å²) in [7, 11) is -3.66. The minimum Gasteiger partial charge on any atom is -0.340 e. The minimum atomic E-state index is -3.66. The summed E-state index contributed by atoms with van der Waals surface area (Å²) in [5.74, 6) is 0.285. The lowest BCUT2D eigenvalue weighted by molar-refractivity contribution is -0.137. The van der Waals surface area contributed by atoms with Crippen molar-refractivity contribution < 1.29 is 13.2 Å². The van der Waals surface area contributed by atoms with Crippen LogP contribution in [0.15, 0.2) is 9.00 Å². The van der Waals surface area contributed by atoms with Crippen molar-refractivity contribution in [2.24, 2.45) is 5.92 Å². The van der Waals surface area contributed by atoms with Crippen LogP contribution < -0.4 is 4.87 Å². The lowest BCUT2D eigenvalue weighted by Gasteiger charge is -2.36. The highest BCUT2D eigenvalue weighted by atomic mass is 32.2. The second-order valence-electron chi connectivity index (χ2n) is 6.49. The Morgan fingerprint density at radius 2 is 1.75 bits per heavy atom. The topological polar surface area (TPSA) is 90.5 Å². The number of carbonyl (C=O) groups excluding carboxylic acids is 1. The first kappa shape index (κ1) is 17.6. The van der Waals surface area contributed by atoms with Crippen molar-refractivity contribution >= 4 is 27.3 Å². The summed E-state index contributed by atoms with van der Waals surface area (Å²) in [6.45, 7) is 3.01. The van der Waals surface area contributed by atoms with Crippen LogP contribution in [0.1, 0.15) is 37.8 Å². The van der Waals surface area contributed by atoms with Crippen LogP contribution in [0.3, 0.4) is 0 Å². The number of H-pyrrole nitrogens is 1. The maximum absolute atomic E-state index is 12.7. The largest absolute Gasteiger partial charge is 0.340 e. The molecule has 1 aromatic rings. The first-order chi connectivity index (χ1) is 11.4. The predicted octanol–water partition coefficient (Wildman–Crippen LogP) is 1.16. The van der Waals surface area contributed by atoms with Gasteiger partial charge < -0.3 is 9.88 Å². The molecule has 1 saturated carbocycles. The van der Waals surface area contributed by atoms with Gasteiger partial charge in [0.2, 0.25) is 5.91 Å². The van der Waals surface area contributed by atoms with Gasteiger partial charge >= 0.3 is 4.87 Å². The molecular formula is C15H23N3O4S2. The van der Waals surface area contributed by atoms with E-state index in [1.54, 1.807) is 11.8 Å². The molecule has 0 bridgehead atoms. The Labute approximate surface area is 145 Å². The van der Waals surface area contributed by atoms with Crippen molar-refractivity contribution in [3.05, 3.63) is 15.4 Å². The van der Waals surface area contributed by atoms with Gasteiger partial charge in [0.1, 0.15) is 0 Å². The molecule has 1 amide bonds. The van der Waals surface area contributed by atoms with Crippen LogP contribution in [-0.4, -0.2) is 54.7 Å². The summed E-state index contributed by atoms with van der Waals surface area (Å²) in [6.07, 6.45) is 5.32. The number of rotatable bonds is 3. The molecule has 1 aliphatic carbocycles. The highest BCUT2D eigenvalue weighted by molar-refractivity contribution is 7.91. The zero-order valence-corrected chi connectivity index (χ0v) is 15.4. The molecule has 1 aromatic heterocycles. The predicted molar refractivity (Wildman–Crippen MR) is 91.6 cm³/mol. The van der Waals surface area contributed by atoms with E-state index in [1.807, 2.05) is 0 Å². The fraction of sp³-hybridized carbons (Fsp3) is 0.733. The van der Waals surface area contributed by atoms with Gasteiger partial charge in [0.05, 0.1) is 0 Å². The molecule has 9 heteroatoms. The Kier molecular flexibility index (Phi) is 5.12. The van der Waals surface area contributed by atoms with Crippen molar-refractivity contribution in [3.8, 4) is 0 Å². The molecule has 1 N–H and O–H groups in total. The van der Waals surface area contributed by atoms with E-state index >= 15 is 0 Å². The molecule has 0 aromatic carbocycles. The number of nitrogens with one attached hydrogen (secondary N) is 1. The molecule has 1 aliphatic heterocycles. The average Bonchev–Trinajstić information content (AvgIpc) is 2.94. The number of hydrogen-bond acceptors (Lipinski definition) is 5. The van der Waals surface area contributed by atoms with Crippen molar-refractivity contribution in [1.29, 1.82) is 0 Å². The molecule has 2 heterocycles. The lowest BCUT2D eigenvalue weighted by Crippen LogP contribution is -2.52. The zero-order chi connectivity index (χ0) is 17.3. The molecule has 134 valence electrons. The van der Waals surface area contributed by atoms with E-state index in [1.165, 1.54) is 10.7 Å². The Bertz CT molecular complexity index is 754. The number of nitrogens with zero attached hydrogens (tertiary/aromatic N) is 2. The fourth-order valence-electron chi connectivity index (χ4n) is 3.51. The van der Waals surface area contributed by atoms with Crippen molar-refractivity contribution in [3.63, 3.8) is 0 Å². The average molecular weight is 374 g/mol. The number of carbonyl (C=O) groups is 1. The SMILES string of the molecule is Cc1[nH]c(=O)sc1S(=O)(=O)N1CCN(C(=O)C2CCCCC2)CC1. The van der Waals surface area contributed by atoms with E-state index in [2.05, 4.69) is 4.98 Å². The summed E-state index contributed by atoms with van der Waals surface area (Å²) in [5.41, 5.74) is 0.380. The number of thiazole rings is 1. The van der Waals surface area contributed by atoms with Crippen LogP contribution in [0, 0.1) is 12.8 Å². The summed E-state index contributed by atoms with van der Waals surface area (Å²) in [5, 5.41) is 0. The number of hydrogen-bond donors (Lipinski definition) is 1. The normalized spacial score (nSPS) is 21.1. The summed E-state index contributed by atoms with van der Waals surface area (Å²) < 4.78 is 26.8. The van der Waals surface area contributed by atoms with Gasteiger partial charge in [-0.05, 0) is 19.8 Å². The van der Waals surface area contributed by atoms with E-state index < -0.39 is 10.0 Å². The molecule has 24 heavy (non-hydrogen) atoms. The van der Waals surface area contributed by atoms with Crippen LogP contribution in [0.25, 0.3) is 0 Å². The van der Waals surface area contributed by atoms with Crippen LogP contribution in [0.4, 0.5) is 0 Å². The second kappa shape index (κ2) is 6.97. The maximum atomic E-state index is 12.7. The van der Waals surface area contributed by atoms with E-state index in [0.29, 0.717) is 18.8 Å². The van der Waals surface area contributed by atoms with Gasteiger partial charge in [-0.2, -0.15) is 4.31 Å². The summed E-state index contributed by atoms with van der Waals surface area (Å²) in [4.78, 5) is 27.9. The molecule has 2 fully saturated rings. The van der Waals surface area contributed by atoms with E-state index in [-0.39, 0.29) is 34.0 Å². The van der Waals surface area contributed by atoms with Crippen LogP contribution >= 0.6 is 11.3 Å². The smallest absolute Gasteiger partial charge is 0.305 e. The minimum absolute atomic E-state index is 0.0829. The Morgan fingerprint density at radius 3 is 2.29 bits per heavy atom. The van der Waals surface area contributed by atoms with Crippen molar-refractivity contribution in [2.45, 2.75) is 43.2 Å². The Morgan fingerprint density at radius 1 is 1.12 bits per heavy atom. The lowest BCUT2D eigenvalue weighted by atomic mass is 9.88. The van der Waals surface area contributed by atoms with Gasteiger partial charge in [-0.15, -0.1) is 0 Å².